The molecule has 0 fully saturated rings. The van der Waals surface area contributed by atoms with Crippen LogP contribution >= 0.6 is 7.92 Å². The summed E-state index contributed by atoms with van der Waals surface area (Å²) in [6.45, 7) is 0. The average Bonchev–Trinajstić information content (AvgIpc) is 2.39. The molecular formula is C14H12F3OP. The Morgan fingerprint density at radius 1 is 0.895 bits per heavy atom. The first-order valence-electron chi connectivity index (χ1n) is 5.59. The minimum Gasteiger partial charge on any atom is -0.496 e. The number of hydrogen-bond donors (Lipinski definition) is 0. The number of para-hydroxylation sites is 1. The molecule has 0 saturated carbocycles. The minimum absolute atomic E-state index is 0.193. The molecular weight excluding hydrogens is 272 g/mol. The van der Waals surface area contributed by atoms with E-state index in [-0.39, 0.29) is 16.4 Å². The molecule has 0 bridgehead atoms. The molecule has 0 saturated heterocycles. The molecule has 2 rings (SSSR count). The minimum atomic E-state index is -4.30. The number of ether oxygens (including phenoxy) is 1. The molecule has 1 unspecified atom stereocenters. The molecule has 0 radical (unpaired) electrons. The van der Waals surface area contributed by atoms with Gasteiger partial charge in [0.05, 0.1) is 15.0 Å². The van der Waals surface area contributed by atoms with Crippen molar-refractivity contribution in [2.45, 2.75) is 5.92 Å². The highest BCUT2D eigenvalue weighted by atomic mass is 31.1. The van der Waals surface area contributed by atoms with Crippen LogP contribution < -0.4 is 15.3 Å². The quantitative estimate of drug-likeness (QED) is 0.782. The second kappa shape index (κ2) is 5.62. The normalized spacial score (nSPS) is 13.1. The van der Waals surface area contributed by atoms with Crippen molar-refractivity contribution in [1.82, 2.24) is 0 Å². The summed E-state index contributed by atoms with van der Waals surface area (Å²) in [5, 5.41) is 0.466. The zero-order valence-corrected chi connectivity index (χ0v) is 11.1. The summed E-state index contributed by atoms with van der Waals surface area (Å²) in [7, 11) is -1.06. The van der Waals surface area contributed by atoms with Crippen LogP contribution in [0, 0.1) is 0 Å². The van der Waals surface area contributed by atoms with Gasteiger partial charge in [-0.15, -0.1) is 0 Å². The third-order valence-corrected chi connectivity index (χ3v) is 4.77. The predicted octanol–water partition coefficient (Wildman–Crippen LogP) is 3.65. The summed E-state index contributed by atoms with van der Waals surface area (Å²) in [5.41, 5.74) is 0. The second-order valence-electron chi connectivity index (χ2n) is 3.81. The zero-order chi connectivity index (χ0) is 13.9. The van der Waals surface area contributed by atoms with E-state index < -0.39 is 13.8 Å². The third kappa shape index (κ3) is 3.07. The Balaban J connectivity index is 2.56. The molecule has 1 atom stereocenters. The summed E-state index contributed by atoms with van der Waals surface area (Å²) >= 11 is 0. The fourth-order valence-electron chi connectivity index (χ4n) is 1.81. The van der Waals surface area contributed by atoms with Crippen molar-refractivity contribution < 1.29 is 17.9 Å². The van der Waals surface area contributed by atoms with Crippen molar-refractivity contribution in [1.29, 1.82) is 0 Å². The highest BCUT2D eigenvalue weighted by Gasteiger charge is 2.43. The van der Waals surface area contributed by atoms with E-state index in [1.165, 1.54) is 25.3 Å². The van der Waals surface area contributed by atoms with Gasteiger partial charge < -0.3 is 4.74 Å². The first kappa shape index (κ1) is 13.9. The molecule has 1 nitrogen and oxygen atoms in total. The van der Waals surface area contributed by atoms with E-state index in [0.29, 0.717) is 0 Å². The zero-order valence-electron chi connectivity index (χ0n) is 10.2. The molecule has 0 N–H and O–H groups in total. The molecule has 0 aliphatic rings. The maximum Gasteiger partial charge on any atom is 0.413 e. The topological polar surface area (TPSA) is 9.23 Å². The highest BCUT2D eigenvalue weighted by molar-refractivity contribution is 7.74. The van der Waals surface area contributed by atoms with Gasteiger partial charge in [-0.2, -0.15) is 13.2 Å². The van der Waals surface area contributed by atoms with Crippen LogP contribution in [-0.4, -0.2) is 13.0 Å². The van der Waals surface area contributed by atoms with E-state index in [9.17, 15) is 13.2 Å². The van der Waals surface area contributed by atoms with Crippen LogP contribution in [0.2, 0.25) is 0 Å². The molecule has 2 aromatic rings. The Labute approximate surface area is 110 Å². The van der Waals surface area contributed by atoms with Gasteiger partial charge in [-0.05, 0) is 11.4 Å². The number of alkyl halides is 3. The lowest BCUT2D eigenvalue weighted by molar-refractivity contribution is -0.0379. The molecule has 2 aromatic carbocycles. The van der Waals surface area contributed by atoms with Crippen molar-refractivity contribution in [2.75, 3.05) is 7.11 Å². The standard InChI is InChI=1S/C14H12F3OP/c1-18-12-9-5-6-10-13(12)19(14(15,16)17)11-7-3-2-4-8-11/h2-10H,1H3. The Hall–Kier alpha value is -1.54. The first-order valence-corrected chi connectivity index (χ1v) is 6.93. The van der Waals surface area contributed by atoms with Crippen molar-refractivity contribution >= 4 is 18.5 Å². The van der Waals surface area contributed by atoms with Crippen molar-refractivity contribution in [3.05, 3.63) is 54.6 Å². The fourth-order valence-corrected chi connectivity index (χ4v) is 3.75. The summed E-state index contributed by atoms with van der Waals surface area (Å²) in [6, 6.07) is 14.2. The van der Waals surface area contributed by atoms with Gasteiger partial charge in [0, 0.05) is 5.30 Å². The van der Waals surface area contributed by atoms with Crippen LogP contribution in [0.15, 0.2) is 54.6 Å². The molecule has 0 aromatic heterocycles. The van der Waals surface area contributed by atoms with Crippen molar-refractivity contribution in [3.63, 3.8) is 0 Å². The predicted molar refractivity (Wildman–Crippen MR) is 71.7 cm³/mol. The van der Waals surface area contributed by atoms with Crippen LogP contribution in [0.25, 0.3) is 0 Å². The molecule has 0 spiro atoms. The molecule has 0 heterocycles. The van der Waals surface area contributed by atoms with Crippen LogP contribution in [-0.2, 0) is 0 Å². The lowest BCUT2D eigenvalue weighted by Crippen LogP contribution is -2.24. The van der Waals surface area contributed by atoms with E-state index in [0.717, 1.165) is 0 Å². The largest absolute Gasteiger partial charge is 0.496 e. The van der Waals surface area contributed by atoms with E-state index in [2.05, 4.69) is 0 Å². The van der Waals surface area contributed by atoms with Gasteiger partial charge in [0.1, 0.15) is 5.75 Å². The van der Waals surface area contributed by atoms with E-state index in [1.54, 1.807) is 36.4 Å². The lowest BCUT2D eigenvalue weighted by Gasteiger charge is -2.23. The van der Waals surface area contributed by atoms with E-state index >= 15 is 0 Å². The van der Waals surface area contributed by atoms with Crippen LogP contribution in [0.1, 0.15) is 0 Å². The number of methoxy groups -OCH3 is 1. The summed E-state index contributed by atoms with van der Waals surface area (Å²) < 4.78 is 45.2. The number of hydrogen-bond acceptors (Lipinski definition) is 1. The Bertz CT molecular complexity index is 540. The summed E-state index contributed by atoms with van der Waals surface area (Å²) in [6.07, 6.45) is 0. The Morgan fingerprint density at radius 2 is 1.47 bits per heavy atom. The van der Waals surface area contributed by atoms with Gasteiger partial charge in [0.2, 0.25) is 0 Å². The van der Waals surface area contributed by atoms with Gasteiger partial charge in [-0.25, -0.2) is 0 Å². The number of halogens is 3. The average molecular weight is 284 g/mol. The maximum absolute atomic E-state index is 13.4. The van der Waals surface area contributed by atoms with Crippen molar-refractivity contribution in [2.24, 2.45) is 0 Å². The van der Waals surface area contributed by atoms with Crippen LogP contribution in [0.3, 0.4) is 0 Å². The number of rotatable bonds is 3. The van der Waals surface area contributed by atoms with E-state index in [4.69, 9.17) is 4.74 Å². The maximum atomic E-state index is 13.4. The smallest absolute Gasteiger partial charge is 0.413 e. The fraction of sp³-hybridized carbons (Fsp3) is 0.143. The molecule has 100 valence electrons. The number of benzene rings is 2. The monoisotopic (exact) mass is 284 g/mol. The molecule has 19 heavy (non-hydrogen) atoms. The summed E-state index contributed by atoms with van der Waals surface area (Å²) in [4.78, 5) is 0. The Kier molecular flexibility index (Phi) is 4.11. The summed E-state index contributed by atoms with van der Waals surface area (Å²) in [5.74, 6) is -4.03. The van der Waals surface area contributed by atoms with E-state index in [1.807, 2.05) is 0 Å². The van der Waals surface area contributed by atoms with Gasteiger partial charge in [0.25, 0.3) is 0 Å². The SMILES string of the molecule is COc1ccccc1P(c1ccccc1)C(F)(F)F. The third-order valence-electron chi connectivity index (χ3n) is 2.59. The van der Waals surface area contributed by atoms with Gasteiger partial charge in [-0.3, -0.25) is 0 Å². The van der Waals surface area contributed by atoms with Gasteiger partial charge >= 0.3 is 5.92 Å². The second-order valence-corrected chi connectivity index (χ2v) is 5.99. The first-order chi connectivity index (χ1) is 9.04. The Morgan fingerprint density at radius 3 is 2.05 bits per heavy atom. The van der Waals surface area contributed by atoms with Crippen LogP contribution in [0.5, 0.6) is 5.75 Å². The lowest BCUT2D eigenvalue weighted by atomic mass is 10.3. The van der Waals surface area contributed by atoms with Crippen molar-refractivity contribution in [3.8, 4) is 5.75 Å². The van der Waals surface area contributed by atoms with Gasteiger partial charge in [-0.1, -0.05) is 48.5 Å². The van der Waals surface area contributed by atoms with Crippen LogP contribution in [0.4, 0.5) is 13.2 Å². The van der Waals surface area contributed by atoms with Gasteiger partial charge in [0.15, 0.2) is 0 Å². The highest BCUT2D eigenvalue weighted by Crippen LogP contribution is 2.52. The molecule has 0 amide bonds. The molecule has 0 aliphatic heterocycles. The molecule has 0 aliphatic carbocycles. The molecule has 5 heteroatoms.